The zero-order valence-corrected chi connectivity index (χ0v) is 7.28. The lowest BCUT2D eigenvalue weighted by Gasteiger charge is -2.01. The van der Waals surface area contributed by atoms with Crippen LogP contribution < -0.4 is 4.74 Å². The predicted molar refractivity (Wildman–Crippen MR) is 47.2 cm³/mol. The number of fused-ring (bicyclic) bond motifs is 1. The van der Waals surface area contributed by atoms with Crippen molar-refractivity contribution >= 4 is 5.97 Å². The van der Waals surface area contributed by atoms with Gasteiger partial charge in [0.2, 0.25) is 0 Å². The van der Waals surface area contributed by atoms with Gasteiger partial charge in [0.25, 0.3) is 0 Å². The molecule has 0 radical (unpaired) electrons. The van der Waals surface area contributed by atoms with Crippen LogP contribution in [0, 0.1) is 0 Å². The van der Waals surface area contributed by atoms with Gasteiger partial charge in [-0.1, -0.05) is 0 Å². The van der Waals surface area contributed by atoms with Gasteiger partial charge in [-0.05, 0) is 30.7 Å². The minimum absolute atomic E-state index is 0.166. The molecule has 0 aliphatic carbocycles. The summed E-state index contributed by atoms with van der Waals surface area (Å²) in [6.45, 7) is 1.97. The highest BCUT2D eigenvalue weighted by Gasteiger charge is 2.19. The fourth-order valence-electron chi connectivity index (χ4n) is 1.56. The number of carboxylic acid groups (broad SMARTS) is 1. The van der Waals surface area contributed by atoms with Crippen LogP contribution >= 0.6 is 0 Å². The van der Waals surface area contributed by atoms with Crippen molar-refractivity contribution in [3.05, 3.63) is 29.3 Å². The largest absolute Gasteiger partial charge is 0.490 e. The molecule has 0 saturated heterocycles. The molecule has 68 valence electrons. The Morgan fingerprint density at radius 1 is 1.62 bits per heavy atom. The smallest absolute Gasteiger partial charge is 0.335 e. The third kappa shape index (κ3) is 1.37. The van der Waals surface area contributed by atoms with E-state index in [0.717, 1.165) is 17.7 Å². The fraction of sp³-hybridized carbons (Fsp3) is 0.300. The van der Waals surface area contributed by atoms with E-state index in [1.165, 1.54) is 0 Å². The Morgan fingerprint density at radius 2 is 2.38 bits per heavy atom. The van der Waals surface area contributed by atoms with Crippen LogP contribution in [0.2, 0.25) is 0 Å². The summed E-state index contributed by atoms with van der Waals surface area (Å²) in [5.74, 6) is -0.0696. The van der Waals surface area contributed by atoms with E-state index in [-0.39, 0.29) is 6.10 Å². The van der Waals surface area contributed by atoms with Crippen molar-refractivity contribution < 1.29 is 14.6 Å². The lowest BCUT2D eigenvalue weighted by molar-refractivity contribution is 0.0697. The molecule has 13 heavy (non-hydrogen) atoms. The van der Waals surface area contributed by atoms with Gasteiger partial charge in [-0.3, -0.25) is 0 Å². The van der Waals surface area contributed by atoms with Gasteiger partial charge in [0.15, 0.2) is 0 Å². The second-order valence-electron chi connectivity index (χ2n) is 3.26. The monoisotopic (exact) mass is 178 g/mol. The third-order valence-electron chi connectivity index (χ3n) is 2.14. The zero-order chi connectivity index (χ0) is 9.42. The first-order valence-electron chi connectivity index (χ1n) is 4.19. The predicted octanol–water partition coefficient (Wildman–Crippen LogP) is 1.71. The number of carbonyl (C=O) groups is 1. The highest BCUT2D eigenvalue weighted by Crippen LogP contribution is 2.29. The molecule has 1 aliphatic heterocycles. The van der Waals surface area contributed by atoms with E-state index in [1.54, 1.807) is 18.2 Å². The number of rotatable bonds is 1. The van der Waals surface area contributed by atoms with Crippen molar-refractivity contribution in [1.29, 1.82) is 0 Å². The van der Waals surface area contributed by atoms with Gasteiger partial charge in [-0.2, -0.15) is 0 Å². The van der Waals surface area contributed by atoms with Crippen molar-refractivity contribution in [3.63, 3.8) is 0 Å². The molecular formula is C10H10O3. The summed E-state index contributed by atoms with van der Waals surface area (Å²) in [5.41, 5.74) is 1.32. The van der Waals surface area contributed by atoms with E-state index >= 15 is 0 Å². The number of carboxylic acids is 1. The second kappa shape index (κ2) is 2.76. The maximum absolute atomic E-state index is 10.6. The minimum Gasteiger partial charge on any atom is -0.490 e. The first-order valence-corrected chi connectivity index (χ1v) is 4.19. The molecule has 0 unspecified atom stereocenters. The average molecular weight is 178 g/mol. The Hall–Kier alpha value is -1.51. The highest BCUT2D eigenvalue weighted by atomic mass is 16.5. The molecule has 1 aromatic rings. The Balaban J connectivity index is 2.40. The van der Waals surface area contributed by atoms with Crippen molar-refractivity contribution in [2.75, 3.05) is 0 Å². The molecule has 1 atom stereocenters. The van der Waals surface area contributed by atoms with Crippen LogP contribution in [-0.2, 0) is 6.42 Å². The van der Waals surface area contributed by atoms with Gasteiger partial charge < -0.3 is 9.84 Å². The summed E-state index contributed by atoms with van der Waals surface area (Å²) in [5, 5.41) is 8.74. The van der Waals surface area contributed by atoms with Crippen LogP contribution in [-0.4, -0.2) is 17.2 Å². The maximum atomic E-state index is 10.6. The molecule has 1 aliphatic rings. The van der Waals surface area contributed by atoms with E-state index in [0.29, 0.717) is 5.56 Å². The molecule has 0 fully saturated rings. The first kappa shape index (κ1) is 8.10. The van der Waals surface area contributed by atoms with Gasteiger partial charge in [0.05, 0.1) is 5.56 Å². The number of hydrogen-bond acceptors (Lipinski definition) is 2. The standard InChI is InChI=1S/C10H10O3/c1-6-4-8-5-7(10(11)12)2-3-9(8)13-6/h2-3,5-6H,4H2,1H3,(H,11,12)/t6-/m1/s1. The third-order valence-corrected chi connectivity index (χ3v) is 2.14. The molecule has 1 aromatic carbocycles. The molecule has 0 aromatic heterocycles. The molecule has 1 N–H and O–H groups in total. The molecular weight excluding hydrogens is 168 g/mol. The van der Waals surface area contributed by atoms with Gasteiger partial charge in [-0.25, -0.2) is 4.79 Å². The molecule has 2 rings (SSSR count). The van der Waals surface area contributed by atoms with E-state index in [9.17, 15) is 4.79 Å². The summed E-state index contributed by atoms with van der Waals surface area (Å²) in [7, 11) is 0. The molecule has 3 heteroatoms. The van der Waals surface area contributed by atoms with Gasteiger partial charge in [0.1, 0.15) is 11.9 Å². The Morgan fingerprint density at radius 3 is 3.08 bits per heavy atom. The molecule has 0 bridgehead atoms. The van der Waals surface area contributed by atoms with Crippen LogP contribution in [0.5, 0.6) is 5.75 Å². The molecule has 0 spiro atoms. The van der Waals surface area contributed by atoms with Crippen LogP contribution in [0.1, 0.15) is 22.8 Å². The van der Waals surface area contributed by atoms with E-state index < -0.39 is 5.97 Å². The fourth-order valence-corrected chi connectivity index (χ4v) is 1.56. The van der Waals surface area contributed by atoms with E-state index in [2.05, 4.69) is 0 Å². The number of ether oxygens (including phenoxy) is 1. The topological polar surface area (TPSA) is 46.5 Å². The van der Waals surface area contributed by atoms with Crippen LogP contribution in [0.4, 0.5) is 0 Å². The first-order chi connectivity index (χ1) is 6.16. The lowest BCUT2D eigenvalue weighted by Crippen LogP contribution is -2.05. The van der Waals surface area contributed by atoms with Gasteiger partial charge in [-0.15, -0.1) is 0 Å². The van der Waals surface area contributed by atoms with Crippen LogP contribution in [0.15, 0.2) is 18.2 Å². The van der Waals surface area contributed by atoms with Crippen molar-refractivity contribution in [2.45, 2.75) is 19.4 Å². The quantitative estimate of drug-likeness (QED) is 0.712. The van der Waals surface area contributed by atoms with E-state index in [4.69, 9.17) is 9.84 Å². The zero-order valence-electron chi connectivity index (χ0n) is 7.28. The summed E-state index contributed by atoms with van der Waals surface area (Å²) in [6.07, 6.45) is 0.968. The maximum Gasteiger partial charge on any atom is 0.335 e. The molecule has 0 saturated carbocycles. The van der Waals surface area contributed by atoms with E-state index in [1.807, 2.05) is 6.92 Å². The van der Waals surface area contributed by atoms with Gasteiger partial charge in [0, 0.05) is 6.42 Å². The lowest BCUT2D eigenvalue weighted by atomic mass is 10.1. The highest BCUT2D eigenvalue weighted by molar-refractivity contribution is 5.88. The molecule has 0 amide bonds. The summed E-state index contributed by atoms with van der Waals surface area (Å²) < 4.78 is 5.45. The average Bonchev–Trinajstić information content (AvgIpc) is 2.42. The van der Waals surface area contributed by atoms with Crippen molar-refractivity contribution in [1.82, 2.24) is 0 Å². The SMILES string of the molecule is C[C@@H]1Cc2cc(C(=O)O)ccc2O1. The number of aromatic carboxylic acids is 1. The van der Waals surface area contributed by atoms with Gasteiger partial charge >= 0.3 is 5.97 Å². The van der Waals surface area contributed by atoms with Crippen LogP contribution in [0.25, 0.3) is 0 Å². The number of benzene rings is 1. The summed E-state index contributed by atoms with van der Waals surface area (Å²) in [4.78, 5) is 10.6. The summed E-state index contributed by atoms with van der Waals surface area (Å²) >= 11 is 0. The number of hydrogen-bond donors (Lipinski definition) is 1. The normalized spacial score (nSPS) is 19.3. The van der Waals surface area contributed by atoms with Crippen molar-refractivity contribution in [2.24, 2.45) is 0 Å². The molecule has 1 heterocycles. The van der Waals surface area contributed by atoms with Crippen LogP contribution in [0.3, 0.4) is 0 Å². The minimum atomic E-state index is -0.887. The van der Waals surface area contributed by atoms with Crippen molar-refractivity contribution in [3.8, 4) is 5.75 Å². The Bertz CT molecular complexity index is 357. The molecule has 3 nitrogen and oxygen atoms in total. The Kier molecular flexibility index (Phi) is 1.72. The second-order valence-corrected chi connectivity index (χ2v) is 3.26. The summed E-state index contributed by atoms with van der Waals surface area (Å²) in [6, 6.07) is 4.97. The Labute approximate surface area is 76.0 Å².